The maximum absolute atomic E-state index is 11.9. The fourth-order valence-corrected chi connectivity index (χ4v) is 1.88. The van der Waals surface area contributed by atoms with E-state index in [2.05, 4.69) is 0 Å². The van der Waals surface area contributed by atoms with Crippen LogP contribution in [0.2, 0.25) is 5.02 Å². The van der Waals surface area contributed by atoms with Crippen LogP contribution in [-0.4, -0.2) is 18.4 Å². The summed E-state index contributed by atoms with van der Waals surface area (Å²) in [6, 6.07) is 8.10. The first-order valence-corrected chi connectivity index (χ1v) is 6.45. The Morgan fingerprint density at radius 3 is 2.65 bits per heavy atom. The van der Waals surface area contributed by atoms with Crippen molar-refractivity contribution in [3.8, 4) is 11.3 Å². The summed E-state index contributed by atoms with van der Waals surface area (Å²) >= 11 is 6.01. The molecule has 2 aromatic rings. The Bertz CT molecular complexity index is 643. The van der Waals surface area contributed by atoms with E-state index in [1.807, 2.05) is 0 Å². The molecule has 0 radical (unpaired) electrons. The summed E-state index contributed by atoms with van der Waals surface area (Å²) < 4.78 is 10.4. The van der Waals surface area contributed by atoms with Crippen molar-refractivity contribution in [3.05, 3.63) is 46.7 Å². The highest BCUT2D eigenvalue weighted by Gasteiger charge is 2.15. The van der Waals surface area contributed by atoms with Crippen LogP contribution in [0.1, 0.15) is 34.8 Å². The van der Waals surface area contributed by atoms with Gasteiger partial charge in [-0.1, -0.05) is 11.6 Å². The number of carbonyl (C=O) groups excluding carboxylic acids is 2. The molecule has 0 saturated heterocycles. The Labute approximate surface area is 121 Å². The maximum Gasteiger partial charge on any atom is 0.339 e. The van der Waals surface area contributed by atoms with E-state index in [1.165, 1.54) is 0 Å². The summed E-state index contributed by atoms with van der Waals surface area (Å²) in [5.41, 5.74) is 0.917. The van der Waals surface area contributed by atoms with Crippen molar-refractivity contribution >= 4 is 23.9 Å². The van der Waals surface area contributed by atoms with Gasteiger partial charge < -0.3 is 9.15 Å². The second-order valence-corrected chi connectivity index (χ2v) is 4.88. The molecular formula is C15H13ClO4. The highest BCUT2D eigenvalue weighted by atomic mass is 35.5. The molecule has 0 spiro atoms. The summed E-state index contributed by atoms with van der Waals surface area (Å²) in [4.78, 5) is 22.5. The zero-order valence-corrected chi connectivity index (χ0v) is 11.8. The van der Waals surface area contributed by atoms with Gasteiger partial charge in [0, 0.05) is 5.56 Å². The van der Waals surface area contributed by atoms with Crippen LogP contribution in [0.5, 0.6) is 0 Å². The van der Waals surface area contributed by atoms with Gasteiger partial charge in [0.2, 0.25) is 0 Å². The van der Waals surface area contributed by atoms with Crippen LogP contribution in [0.4, 0.5) is 0 Å². The zero-order chi connectivity index (χ0) is 14.7. The second-order valence-electron chi connectivity index (χ2n) is 4.47. The third kappa shape index (κ3) is 3.08. The molecule has 2 rings (SSSR count). The monoisotopic (exact) mass is 292 g/mol. The smallest absolute Gasteiger partial charge is 0.339 e. The van der Waals surface area contributed by atoms with E-state index in [0.717, 1.165) is 0 Å². The number of ether oxygens (including phenoxy) is 1. The van der Waals surface area contributed by atoms with Crippen molar-refractivity contribution in [3.63, 3.8) is 0 Å². The van der Waals surface area contributed by atoms with Crippen molar-refractivity contribution in [2.75, 3.05) is 0 Å². The van der Waals surface area contributed by atoms with E-state index < -0.39 is 5.97 Å². The molecule has 0 amide bonds. The van der Waals surface area contributed by atoms with Crippen molar-refractivity contribution < 1.29 is 18.7 Å². The molecule has 0 aliphatic carbocycles. The number of aldehydes is 1. The SMILES string of the molecule is CC(C)OC(=O)c1cc(-c2ccc(C=O)o2)ccc1Cl. The zero-order valence-electron chi connectivity index (χ0n) is 11.1. The minimum atomic E-state index is -0.492. The van der Waals surface area contributed by atoms with Crippen molar-refractivity contribution in [1.82, 2.24) is 0 Å². The molecule has 0 atom stereocenters. The molecule has 5 heteroatoms. The van der Waals surface area contributed by atoms with E-state index in [-0.39, 0.29) is 17.4 Å². The first-order chi connectivity index (χ1) is 9.51. The molecule has 1 aromatic carbocycles. The lowest BCUT2D eigenvalue weighted by molar-refractivity contribution is 0.0378. The number of halogens is 1. The number of carbonyl (C=O) groups is 2. The molecule has 0 aliphatic heterocycles. The Hall–Kier alpha value is -2.07. The molecule has 4 nitrogen and oxygen atoms in total. The highest BCUT2D eigenvalue weighted by Crippen LogP contribution is 2.27. The van der Waals surface area contributed by atoms with Crippen molar-refractivity contribution in [2.24, 2.45) is 0 Å². The molecule has 1 aromatic heterocycles. The molecule has 0 aliphatic rings. The summed E-state index contributed by atoms with van der Waals surface area (Å²) in [5, 5.41) is 0.307. The standard InChI is InChI=1S/C15H13ClO4/c1-9(2)19-15(18)12-7-10(3-5-13(12)16)14-6-4-11(8-17)20-14/h3-9H,1-2H3. The first-order valence-electron chi connectivity index (χ1n) is 6.07. The van der Waals surface area contributed by atoms with Gasteiger partial charge in [-0.2, -0.15) is 0 Å². The quantitative estimate of drug-likeness (QED) is 0.632. The van der Waals surface area contributed by atoms with Gasteiger partial charge in [-0.3, -0.25) is 4.79 Å². The van der Waals surface area contributed by atoms with Crippen molar-refractivity contribution in [2.45, 2.75) is 20.0 Å². The predicted molar refractivity (Wildman–Crippen MR) is 75.1 cm³/mol. The number of rotatable bonds is 4. The fraction of sp³-hybridized carbons (Fsp3) is 0.200. The summed E-state index contributed by atoms with van der Waals surface area (Å²) in [5.74, 6) is 0.220. The topological polar surface area (TPSA) is 56.5 Å². The maximum atomic E-state index is 11.9. The van der Waals surface area contributed by atoms with Crippen LogP contribution >= 0.6 is 11.6 Å². The van der Waals surface area contributed by atoms with Crippen LogP contribution in [-0.2, 0) is 4.74 Å². The average molecular weight is 293 g/mol. The second kappa shape index (κ2) is 5.92. The van der Waals surface area contributed by atoms with Crippen LogP contribution in [0.15, 0.2) is 34.7 Å². The molecule has 0 fully saturated rings. The Morgan fingerprint density at radius 2 is 2.05 bits per heavy atom. The van der Waals surface area contributed by atoms with Gasteiger partial charge in [0.1, 0.15) is 5.76 Å². The largest absolute Gasteiger partial charge is 0.459 e. The predicted octanol–water partition coefficient (Wildman–Crippen LogP) is 3.98. The Morgan fingerprint density at radius 1 is 1.30 bits per heavy atom. The molecule has 20 heavy (non-hydrogen) atoms. The third-order valence-corrected chi connectivity index (χ3v) is 2.89. The first kappa shape index (κ1) is 14.3. The molecule has 1 heterocycles. The number of esters is 1. The normalized spacial score (nSPS) is 10.6. The van der Waals surface area contributed by atoms with E-state index in [1.54, 1.807) is 44.2 Å². The molecule has 104 valence electrons. The van der Waals surface area contributed by atoms with Crippen molar-refractivity contribution in [1.29, 1.82) is 0 Å². The molecule has 0 unspecified atom stereocenters. The summed E-state index contributed by atoms with van der Waals surface area (Å²) in [6.45, 7) is 3.52. The number of hydrogen-bond acceptors (Lipinski definition) is 4. The van der Waals surface area contributed by atoms with Gasteiger partial charge in [-0.15, -0.1) is 0 Å². The van der Waals surface area contributed by atoms with Gasteiger partial charge in [0.05, 0.1) is 16.7 Å². The van der Waals surface area contributed by atoms with Gasteiger partial charge >= 0.3 is 5.97 Å². The lowest BCUT2D eigenvalue weighted by atomic mass is 10.1. The van der Waals surface area contributed by atoms with Crippen LogP contribution in [0, 0.1) is 0 Å². The number of benzene rings is 1. The lowest BCUT2D eigenvalue weighted by Gasteiger charge is -2.09. The van der Waals surface area contributed by atoms with Crippen LogP contribution < -0.4 is 0 Å². The molecular weight excluding hydrogens is 280 g/mol. The summed E-state index contributed by atoms with van der Waals surface area (Å²) in [7, 11) is 0. The fourth-order valence-electron chi connectivity index (χ4n) is 1.68. The van der Waals surface area contributed by atoms with E-state index in [0.29, 0.717) is 22.6 Å². The summed E-state index contributed by atoms with van der Waals surface area (Å²) in [6.07, 6.45) is 0.389. The minimum absolute atomic E-state index is 0.223. The van der Waals surface area contributed by atoms with Crippen LogP contribution in [0.25, 0.3) is 11.3 Å². The van der Waals surface area contributed by atoms with E-state index in [4.69, 9.17) is 20.8 Å². The van der Waals surface area contributed by atoms with Gasteiger partial charge in [0.25, 0.3) is 0 Å². The van der Waals surface area contributed by atoms with Gasteiger partial charge in [-0.25, -0.2) is 4.79 Å². The lowest BCUT2D eigenvalue weighted by Crippen LogP contribution is -2.12. The molecule has 0 saturated carbocycles. The average Bonchev–Trinajstić information content (AvgIpc) is 2.87. The Kier molecular flexibility index (Phi) is 4.25. The minimum Gasteiger partial charge on any atom is -0.459 e. The van der Waals surface area contributed by atoms with Crippen LogP contribution in [0.3, 0.4) is 0 Å². The number of hydrogen-bond donors (Lipinski definition) is 0. The van der Waals surface area contributed by atoms with Gasteiger partial charge in [-0.05, 0) is 44.2 Å². The van der Waals surface area contributed by atoms with Gasteiger partial charge in [0.15, 0.2) is 12.0 Å². The molecule has 0 N–H and O–H groups in total. The van der Waals surface area contributed by atoms with E-state index in [9.17, 15) is 9.59 Å². The molecule has 0 bridgehead atoms. The highest BCUT2D eigenvalue weighted by molar-refractivity contribution is 6.33. The third-order valence-electron chi connectivity index (χ3n) is 2.56. The Balaban J connectivity index is 2.37. The van der Waals surface area contributed by atoms with E-state index >= 15 is 0 Å². The number of furan rings is 1.